The van der Waals surface area contributed by atoms with Gasteiger partial charge in [0.15, 0.2) is 0 Å². The summed E-state index contributed by atoms with van der Waals surface area (Å²) in [5.41, 5.74) is 4.06. The molecule has 0 aromatic heterocycles. The first-order chi connectivity index (χ1) is 12.6. The number of aromatic carboxylic acids is 1. The number of rotatable bonds is 7. The highest BCUT2D eigenvalue weighted by Crippen LogP contribution is 2.21. The van der Waals surface area contributed by atoms with Crippen molar-refractivity contribution in [2.24, 2.45) is 0 Å². The van der Waals surface area contributed by atoms with E-state index in [0.717, 1.165) is 28.1 Å². The summed E-state index contributed by atoms with van der Waals surface area (Å²) < 4.78 is 5.85. The molecule has 3 aromatic carbocycles. The van der Waals surface area contributed by atoms with Crippen molar-refractivity contribution in [3.63, 3.8) is 0 Å². The van der Waals surface area contributed by atoms with Gasteiger partial charge in [-0.2, -0.15) is 0 Å². The minimum atomic E-state index is -0.914. The molecule has 0 fully saturated rings. The third kappa shape index (κ3) is 4.42. The fourth-order valence-corrected chi connectivity index (χ4v) is 2.74. The van der Waals surface area contributed by atoms with Crippen LogP contribution < -0.4 is 10.1 Å². The summed E-state index contributed by atoms with van der Waals surface area (Å²) in [5, 5.41) is 12.5. The molecule has 0 heterocycles. The largest absolute Gasteiger partial charge is 0.489 e. The van der Waals surface area contributed by atoms with E-state index in [1.54, 1.807) is 12.1 Å². The summed E-state index contributed by atoms with van der Waals surface area (Å²) in [6, 6.07) is 23.2. The van der Waals surface area contributed by atoms with E-state index in [2.05, 4.69) is 5.32 Å². The van der Waals surface area contributed by atoms with Gasteiger partial charge in [0, 0.05) is 12.2 Å². The van der Waals surface area contributed by atoms with Gasteiger partial charge >= 0.3 is 5.97 Å². The average molecular weight is 347 g/mol. The van der Waals surface area contributed by atoms with E-state index in [1.165, 1.54) is 0 Å². The third-order valence-corrected chi connectivity index (χ3v) is 4.19. The molecule has 0 aliphatic rings. The van der Waals surface area contributed by atoms with Gasteiger partial charge in [-0.15, -0.1) is 0 Å². The number of carboxylic acids is 1. The molecule has 0 saturated heterocycles. The Hall–Kier alpha value is -3.27. The molecule has 0 amide bonds. The molecule has 3 rings (SSSR count). The minimum absolute atomic E-state index is 0.315. The zero-order valence-electron chi connectivity index (χ0n) is 14.6. The van der Waals surface area contributed by atoms with Gasteiger partial charge in [0.25, 0.3) is 0 Å². The van der Waals surface area contributed by atoms with E-state index in [1.807, 2.05) is 67.6 Å². The smallest absolute Gasteiger partial charge is 0.336 e. The van der Waals surface area contributed by atoms with Crippen molar-refractivity contribution >= 4 is 11.7 Å². The average Bonchev–Trinajstić information content (AvgIpc) is 2.66. The second-order valence-corrected chi connectivity index (χ2v) is 6.06. The van der Waals surface area contributed by atoms with E-state index in [-0.39, 0.29) is 0 Å². The van der Waals surface area contributed by atoms with Gasteiger partial charge in [0.1, 0.15) is 12.4 Å². The Kier molecular flexibility index (Phi) is 5.54. The number of anilines is 1. The van der Waals surface area contributed by atoms with Crippen LogP contribution in [0.25, 0.3) is 0 Å². The molecule has 4 heteroatoms. The van der Waals surface area contributed by atoms with Gasteiger partial charge in [-0.25, -0.2) is 4.79 Å². The molecule has 3 aromatic rings. The third-order valence-electron chi connectivity index (χ3n) is 4.19. The standard InChI is InChI=1S/C22H21NO3/c1-16-20(22(24)25)11-6-12-21(16)23-14-18-9-5-10-19(13-18)26-15-17-7-3-2-4-8-17/h2-13,23H,14-15H2,1H3,(H,24,25). The topological polar surface area (TPSA) is 58.6 Å². The van der Waals surface area contributed by atoms with Crippen LogP contribution in [0.4, 0.5) is 5.69 Å². The summed E-state index contributed by atoms with van der Waals surface area (Å²) >= 11 is 0. The van der Waals surface area contributed by atoms with E-state index in [0.29, 0.717) is 18.7 Å². The lowest BCUT2D eigenvalue weighted by molar-refractivity contribution is 0.0696. The molecular formula is C22H21NO3. The zero-order chi connectivity index (χ0) is 18.4. The zero-order valence-corrected chi connectivity index (χ0v) is 14.6. The normalized spacial score (nSPS) is 10.3. The number of ether oxygens (including phenoxy) is 1. The predicted molar refractivity (Wildman–Crippen MR) is 103 cm³/mol. The van der Waals surface area contributed by atoms with Crippen LogP contribution in [0.1, 0.15) is 27.0 Å². The minimum Gasteiger partial charge on any atom is -0.489 e. The molecule has 0 unspecified atom stereocenters. The fraction of sp³-hybridized carbons (Fsp3) is 0.136. The molecule has 132 valence electrons. The lowest BCUT2D eigenvalue weighted by atomic mass is 10.1. The molecule has 0 bridgehead atoms. The molecule has 0 atom stereocenters. The number of hydrogen-bond donors (Lipinski definition) is 2. The first-order valence-electron chi connectivity index (χ1n) is 8.46. The maximum Gasteiger partial charge on any atom is 0.336 e. The van der Waals surface area contributed by atoms with Crippen LogP contribution in [0.3, 0.4) is 0 Å². The molecule has 4 nitrogen and oxygen atoms in total. The Morgan fingerprint density at radius 3 is 2.46 bits per heavy atom. The second kappa shape index (κ2) is 8.21. The lowest BCUT2D eigenvalue weighted by Gasteiger charge is -2.12. The van der Waals surface area contributed by atoms with Crippen molar-refractivity contribution in [3.05, 3.63) is 95.1 Å². The molecule has 26 heavy (non-hydrogen) atoms. The van der Waals surface area contributed by atoms with Crippen molar-refractivity contribution in [2.45, 2.75) is 20.1 Å². The highest BCUT2D eigenvalue weighted by molar-refractivity contribution is 5.91. The van der Waals surface area contributed by atoms with Gasteiger partial charge in [-0.3, -0.25) is 0 Å². The van der Waals surface area contributed by atoms with Gasteiger partial charge in [0.2, 0.25) is 0 Å². The summed E-state index contributed by atoms with van der Waals surface area (Å²) in [7, 11) is 0. The van der Waals surface area contributed by atoms with E-state index >= 15 is 0 Å². The first kappa shape index (κ1) is 17.5. The maximum absolute atomic E-state index is 11.2. The molecular weight excluding hydrogens is 326 g/mol. The van der Waals surface area contributed by atoms with Crippen molar-refractivity contribution in [2.75, 3.05) is 5.32 Å². The van der Waals surface area contributed by atoms with Crippen molar-refractivity contribution < 1.29 is 14.6 Å². The fourth-order valence-electron chi connectivity index (χ4n) is 2.74. The van der Waals surface area contributed by atoms with Crippen molar-refractivity contribution in [3.8, 4) is 5.75 Å². The monoisotopic (exact) mass is 347 g/mol. The van der Waals surface area contributed by atoms with Crippen LogP contribution in [0, 0.1) is 6.92 Å². The number of hydrogen-bond acceptors (Lipinski definition) is 3. The van der Waals surface area contributed by atoms with Crippen molar-refractivity contribution in [1.82, 2.24) is 0 Å². The first-order valence-corrected chi connectivity index (χ1v) is 8.46. The van der Waals surface area contributed by atoms with Crippen LogP contribution in [0.5, 0.6) is 5.75 Å². The van der Waals surface area contributed by atoms with Crippen LogP contribution in [-0.2, 0) is 13.2 Å². The molecule has 0 spiro atoms. The summed E-state index contributed by atoms with van der Waals surface area (Å²) in [5.74, 6) is -0.105. The number of carbonyl (C=O) groups is 1. The Morgan fingerprint density at radius 2 is 1.69 bits per heavy atom. The van der Waals surface area contributed by atoms with Crippen LogP contribution in [0.2, 0.25) is 0 Å². The maximum atomic E-state index is 11.2. The van der Waals surface area contributed by atoms with Gasteiger partial charge in [0.05, 0.1) is 5.56 Å². The van der Waals surface area contributed by atoms with Crippen LogP contribution in [-0.4, -0.2) is 11.1 Å². The van der Waals surface area contributed by atoms with Gasteiger partial charge in [-0.1, -0.05) is 48.5 Å². The molecule has 0 aliphatic carbocycles. The van der Waals surface area contributed by atoms with E-state index in [9.17, 15) is 9.90 Å². The lowest BCUT2D eigenvalue weighted by Crippen LogP contribution is -2.06. The summed E-state index contributed by atoms with van der Waals surface area (Å²) in [6.07, 6.45) is 0. The Morgan fingerprint density at radius 1 is 0.962 bits per heavy atom. The molecule has 0 aliphatic heterocycles. The SMILES string of the molecule is Cc1c(NCc2cccc(OCc3ccccc3)c2)cccc1C(=O)O. The quantitative estimate of drug-likeness (QED) is 0.639. The summed E-state index contributed by atoms with van der Waals surface area (Å²) in [6.45, 7) is 2.93. The summed E-state index contributed by atoms with van der Waals surface area (Å²) in [4.78, 5) is 11.2. The van der Waals surface area contributed by atoms with Crippen LogP contribution >= 0.6 is 0 Å². The predicted octanol–water partition coefficient (Wildman–Crippen LogP) is 4.88. The second-order valence-electron chi connectivity index (χ2n) is 6.06. The number of nitrogens with one attached hydrogen (secondary N) is 1. The highest BCUT2D eigenvalue weighted by Gasteiger charge is 2.09. The molecule has 0 saturated carbocycles. The van der Waals surface area contributed by atoms with Crippen molar-refractivity contribution in [1.29, 1.82) is 0 Å². The Bertz CT molecular complexity index is 891. The van der Waals surface area contributed by atoms with Gasteiger partial charge in [-0.05, 0) is 47.9 Å². The number of carboxylic acid groups (broad SMARTS) is 1. The molecule has 2 N–H and O–H groups in total. The van der Waals surface area contributed by atoms with E-state index < -0.39 is 5.97 Å². The molecule has 0 radical (unpaired) electrons. The van der Waals surface area contributed by atoms with Crippen LogP contribution in [0.15, 0.2) is 72.8 Å². The highest BCUT2D eigenvalue weighted by atomic mass is 16.5. The Labute approximate surface area is 153 Å². The van der Waals surface area contributed by atoms with Gasteiger partial charge < -0.3 is 15.2 Å². The van der Waals surface area contributed by atoms with E-state index in [4.69, 9.17) is 4.74 Å². The number of benzene rings is 3. The Balaban J connectivity index is 1.64.